The zero-order valence-corrected chi connectivity index (χ0v) is 18.0. The van der Waals surface area contributed by atoms with Crippen LogP contribution in [0.25, 0.3) is 10.2 Å². The molecule has 0 radical (unpaired) electrons. The first-order chi connectivity index (χ1) is 15.1. The first-order valence-electron chi connectivity index (χ1n) is 10.4. The largest absolute Gasteiger partial charge is 0.437 e. The molecule has 0 amide bonds. The van der Waals surface area contributed by atoms with E-state index in [2.05, 4.69) is 27.9 Å². The lowest BCUT2D eigenvalue weighted by molar-refractivity contribution is 0.109. The van der Waals surface area contributed by atoms with Gasteiger partial charge >= 0.3 is 0 Å². The van der Waals surface area contributed by atoms with E-state index in [4.69, 9.17) is 10.5 Å². The van der Waals surface area contributed by atoms with Gasteiger partial charge in [-0.25, -0.2) is 9.98 Å². The van der Waals surface area contributed by atoms with Gasteiger partial charge in [0.2, 0.25) is 5.88 Å². The average molecular weight is 435 g/mol. The standard InChI is InChI=1S/C24H26N4O2S/c1-2-14-26-23(22(25)16-6-5-7-18(29)15-16)30-19-12-10-17(11-13-19)27-24-28-20-8-3-4-9-21(20)31-24/h2-4,8-14,16,18,29H,1,5-7,15,25H2,(H,27,28)/b23-22+,26-14-/t16-,18-/m0/s1. The number of fused-ring (bicyclic) bond motifs is 1. The van der Waals surface area contributed by atoms with Gasteiger partial charge in [0.05, 0.1) is 22.0 Å². The summed E-state index contributed by atoms with van der Waals surface area (Å²) in [6.07, 6.45) is 6.13. The molecule has 0 unspecified atom stereocenters. The van der Waals surface area contributed by atoms with Gasteiger partial charge < -0.3 is 20.9 Å². The first-order valence-corrected chi connectivity index (χ1v) is 11.2. The number of aliphatic hydroxyl groups excluding tert-OH is 1. The van der Waals surface area contributed by atoms with Crippen molar-refractivity contribution in [3.05, 3.63) is 72.8 Å². The number of allylic oxidation sites excluding steroid dienone is 2. The quantitative estimate of drug-likeness (QED) is 0.344. The fourth-order valence-electron chi connectivity index (χ4n) is 3.67. The number of nitrogens with zero attached hydrogens (tertiary/aromatic N) is 2. The van der Waals surface area contributed by atoms with Crippen LogP contribution in [0.15, 0.2) is 77.8 Å². The molecular formula is C24H26N4O2S. The summed E-state index contributed by atoms with van der Waals surface area (Å²) in [5.41, 5.74) is 8.84. The smallest absolute Gasteiger partial charge is 0.238 e. The summed E-state index contributed by atoms with van der Waals surface area (Å²) in [7, 11) is 0. The Morgan fingerprint density at radius 3 is 2.77 bits per heavy atom. The highest BCUT2D eigenvalue weighted by atomic mass is 32.1. The lowest BCUT2D eigenvalue weighted by atomic mass is 9.85. The van der Waals surface area contributed by atoms with Crippen molar-refractivity contribution in [2.75, 3.05) is 5.32 Å². The van der Waals surface area contributed by atoms with Crippen LogP contribution in [0.3, 0.4) is 0 Å². The molecule has 31 heavy (non-hydrogen) atoms. The van der Waals surface area contributed by atoms with Crippen molar-refractivity contribution in [3.63, 3.8) is 0 Å². The summed E-state index contributed by atoms with van der Waals surface area (Å²) in [5, 5.41) is 14.2. The Morgan fingerprint density at radius 2 is 2.03 bits per heavy atom. The molecule has 7 heteroatoms. The molecule has 1 heterocycles. The van der Waals surface area contributed by atoms with Crippen LogP contribution in [-0.4, -0.2) is 22.4 Å². The van der Waals surface area contributed by atoms with Crippen LogP contribution in [0.2, 0.25) is 0 Å². The number of rotatable bonds is 7. The van der Waals surface area contributed by atoms with E-state index in [9.17, 15) is 5.11 Å². The molecule has 1 aliphatic rings. The fraction of sp³-hybridized carbons (Fsp3) is 0.250. The van der Waals surface area contributed by atoms with Gasteiger partial charge in [0.1, 0.15) is 5.75 Å². The minimum absolute atomic E-state index is 0.0562. The van der Waals surface area contributed by atoms with E-state index in [1.54, 1.807) is 23.6 Å². The predicted molar refractivity (Wildman–Crippen MR) is 128 cm³/mol. The van der Waals surface area contributed by atoms with Crippen molar-refractivity contribution in [1.29, 1.82) is 0 Å². The molecule has 1 aromatic heterocycles. The van der Waals surface area contributed by atoms with Crippen molar-refractivity contribution < 1.29 is 9.84 Å². The van der Waals surface area contributed by atoms with Crippen LogP contribution >= 0.6 is 11.3 Å². The number of aliphatic hydroxyl groups is 1. The maximum atomic E-state index is 9.99. The van der Waals surface area contributed by atoms with Crippen molar-refractivity contribution in [2.45, 2.75) is 31.8 Å². The second-order valence-corrected chi connectivity index (χ2v) is 8.56. The number of nitrogens with two attached hydrogens (primary N) is 1. The van der Waals surface area contributed by atoms with Gasteiger partial charge in [-0.2, -0.15) is 0 Å². The van der Waals surface area contributed by atoms with Crippen LogP contribution in [0.5, 0.6) is 5.75 Å². The number of anilines is 2. The summed E-state index contributed by atoms with van der Waals surface area (Å²) >= 11 is 1.61. The van der Waals surface area contributed by atoms with Gasteiger partial charge in [-0.1, -0.05) is 42.5 Å². The highest BCUT2D eigenvalue weighted by molar-refractivity contribution is 7.22. The average Bonchev–Trinajstić information content (AvgIpc) is 3.19. The van der Waals surface area contributed by atoms with Gasteiger partial charge in [-0.05, 0) is 55.7 Å². The summed E-state index contributed by atoms with van der Waals surface area (Å²) in [6, 6.07) is 15.6. The molecule has 2 atom stereocenters. The molecule has 1 fully saturated rings. The van der Waals surface area contributed by atoms with Gasteiger partial charge in [-0.3, -0.25) is 0 Å². The maximum absolute atomic E-state index is 9.99. The molecule has 3 aromatic rings. The number of nitrogens with one attached hydrogen (secondary N) is 1. The molecule has 4 N–H and O–H groups in total. The van der Waals surface area contributed by atoms with Crippen molar-refractivity contribution >= 4 is 38.6 Å². The summed E-state index contributed by atoms with van der Waals surface area (Å²) in [6.45, 7) is 3.67. The number of para-hydroxylation sites is 1. The third-order valence-corrected chi connectivity index (χ3v) is 6.20. The number of thiazole rings is 1. The molecule has 160 valence electrons. The summed E-state index contributed by atoms with van der Waals surface area (Å²) < 4.78 is 7.15. The number of aromatic nitrogens is 1. The summed E-state index contributed by atoms with van der Waals surface area (Å²) in [5.74, 6) is 1.04. The van der Waals surface area contributed by atoms with E-state index in [0.717, 1.165) is 40.3 Å². The molecule has 0 aliphatic heterocycles. The highest BCUT2D eigenvalue weighted by Gasteiger charge is 2.25. The zero-order valence-electron chi connectivity index (χ0n) is 17.2. The number of aliphatic imine (C=N–C) groups is 1. The van der Waals surface area contributed by atoms with Gasteiger partial charge in [-0.15, -0.1) is 0 Å². The molecule has 2 aromatic carbocycles. The van der Waals surface area contributed by atoms with Gasteiger partial charge in [0, 0.05) is 17.8 Å². The molecular weight excluding hydrogens is 408 g/mol. The third-order valence-electron chi connectivity index (χ3n) is 5.24. The molecule has 0 spiro atoms. The Labute approximate surface area is 185 Å². The summed E-state index contributed by atoms with van der Waals surface area (Å²) in [4.78, 5) is 8.93. The normalized spacial score (nSPS) is 19.9. The number of hydrogen-bond donors (Lipinski definition) is 3. The second-order valence-electron chi connectivity index (χ2n) is 7.53. The first kappa shape index (κ1) is 21.1. The van der Waals surface area contributed by atoms with Crippen LogP contribution < -0.4 is 15.8 Å². The number of hydrogen-bond acceptors (Lipinski definition) is 7. The van der Waals surface area contributed by atoms with Crippen LogP contribution in [-0.2, 0) is 0 Å². The third kappa shape index (κ3) is 5.31. The predicted octanol–water partition coefficient (Wildman–Crippen LogP) is 5.35. The zero-order chi connectivity index (χ0) is 21.6. The van der Waals surface area contributed by atoms with E-state index >= 15 is 0 Å². The monoisotopic (exact) mass is 434 g/mol. The second kappa shape index (κ2) is 9.76. The SMILES string of the molecule is C=C/C=N\C(Oc1ccc(Nc2nc3ccccc3s2)cc1)=C(/N)[C@H]1CCC[C@H](O)C1. The van der Waals surface area contributed by atoms with Crippen molar-refractivity contribution in [1.82, 2.24) is 4.98 Å². The van der Waals surface area contributed by atoms with Crippen LogP contribution in [0.4, 0.5) is 10.8 Å². The van der Waals surface area contributed by atoms with Crippen molar-refractivity contribution in [3.8, 4) is 5.75 Å². The Kier molecular flexibility index (Phi) is 6.64. The Balaban J connectivity index is 1.49. The van der Waals surface area contributed by atoms with E-state index in [0.29, 0.717) is 23.8 Å². The fourth-order valence-corrected chi connectivity index (χ4v) is 4.55. The maximum Gasteiger partial charge on any atom is 0.238 e. The number of benzene rings is 2. The Morgan fingerprint density at radius 1 is 1.23 bits per heavy atom. The van der Waals surface area contributed by atoms with Gasteiger partial charge in [0.25, 0.3) is 0 Å². The molecule has 0 saturated heterocycles. The van der Waals surface area contributed by atoms with Gasteiger partial charge in [0.15, 0.2) is 5.13 Å². The lowest BCUT2D eigenvalue weighted by Crippen LogP contribution is -2.25. The van der Waals surface area contributed by atoms with Crippen LogP contribution in [0.1, 0.15) is 25.7 Å². The van der Waals surface area contributed by atoms with E-state index in [1.165, 1.54) is 0 Å². The lowest BCUT2D eigenvalue weighted by Gasteiger charge is -2.26. The molecule has 1 aliphatic carbocycles. The molecule has 4 rings (SSSR count). The topological polar surface area (TPSA) is 92.8 Å². The van der Waals surface area contributed by atoms with E-state index in [-0.39, 0.29) is 12.0 Å². The highest BCUT2D eigenvalue weighted by Crippen LogP contribution is 2.31. The van der Waals surface area contributed by atoms with E-state index < -0.39 is 0 Å². The minimum atomic E-state index is -0.324. The number of ether oxygens (including phenoxy) is 1. The van der Waals surface area contributed by atoms with E-state index in [1.807, 2.05) is 42.5 Å². The molecule has 0 bridgehead atoms. The molecule has 1 saturated carbocycles. The Hall–Kier alpha value is -3.16. The molecule has 6 nitrogen and oxygen atoms in total. The Bertz CT molecular complexity index is 1070. The van der Waals surface area contributed by atoms with Crippen molar-refractivity contribution in [2.24, 2.45) is 16.6 Å². The van der Waals surface area contributed by atoms with Crippen LogP contribution in [0, 0.1) is 5.92 Å². The minimum Gasteiger partial charge on any atom is -0.437 e.